The first-order valence-electron chi connectivity index (χ1n) is 10.7. The van der Waals surface area contributed by atoms with Crippen LogP contribution in [0.25, 0.3) is 32.9 Å². The van der Waals surface area contributed by atoms with Crippen LogP contribution >= 0.6 is 0 Å². The van der Waals surface area contributed by atoms with Crippen molar-refractivity contribution in [1.82, 2.24) is 9.13 Å². The van der Waals surface area contributed by atoms with Gasteiger partial charge in [-0.15, -0.1) is 0 Å². The maximum Gasteiger partial charge on any atom is 0.418 e. The molecule has 18 heteroatoms. The minimum absolute atomic E-state index is 0.0933. The third-order valence-corrected chi connectivity index (χ3v) is 6.19. The molecule has 0 aliphatic rings. The highest BCUT2D eigenvalue weighted by Gasteiger charge is 2.47. The molecule has 0 radical (unpaired) electrons. The fourth-order valence-electron chi connectivity index (χ4n) is 4.62. The number of nitrogens with zero attached hydrogens (tertiary/aromatic N) is 2. The molecule has 5 aromatic rings. The Morgan fingerprint density at radius 1 is 0.429 bits per heavy atom. The highest BCUT2D eigenvalue weighted by Crippen LogP contribution is 2.44. The highest BCUT2D eigenvalue weighted by molar-refractivity contribution is 6.07. The molecule has 0 saturated carbocycles. The predicted molar refractivity (Wildman–Crippen MR) is 117 cm³/mol. The lowest BCUT2D eigenvalue weighted by Gasteiger charge is -2.13. The van der Waals surface area contributed by atoms with Gasteiger partial charge in [-0.2, -0.15) is 26.3 Å². The molecular weight excluding hydrogens is 608 g/mol. The van der Waals surface area contributed by atoms with Crippen molar-refractivity contribution in [2.45, 2.75) is 12.4 Å². The molecule has 0 fully saturated rings. The first-order chi connectivity index (χ1) is 19.3. The van der Waals surface area contributed by atoms with Gasteiger partial charge in [0.25, 0.3) is 22.2 Å². The van der Waals surface area contributed by atoms with Crippen LogP contribution in [0.2, 0.25) is 0 Å². The van der Waals surface area contributed by atoms with Gasteiger partial charge in [0, 0.05) is 24.3 Å². The molecule has 0 aliphatic carbocycles. The molecule has 0 bridgehead atoms. The van der Waals surface area contributed by atoms with Crippen LogP contribution in [0.5, 0.6) is 0 Å². The van der Waals surface area contributed by atoms with Crippen LogP contribution in [0.1, 0.15) is 11.1 Å². The normalized spacial score (nSPS) is 12.7. The summed E-state index contributed by atoms with van der Waals surface area (Å²) in [6, 6.07) is -0.373. The molecule has 0 spiro atoms. The van der Waals surface area contributed by atoms with E-state index in [1.165, 1.54) is 0 Å². The third-order valence-electron chi connectivity index (χ3n) is 6.19. The lowest BCUT2D eigenvalue weighted by molar-refractivity contribution is -0.137. The monoisotopic (exact) mass is 612 g/mol. The van der Waals surface area contributed by atoms with Crippen molar-refractivity contribution >= 4 is 21.5 Å². The topological polar surface area (TPSA) is 78.1 Å². The second kappa shape index (κ2) is 8.80. The molecule has 5 rings (SSSR count). The van der Waals surface area contributed by atoms with Gasteiger partial charge in [0.15, 0.2) is 34.9 Å². The van der Waals surface area contributed by atoms with Crippen LogP contribution in [0.4, 0.5) is 52.7 Å². The highest BCUT2D eigenvalue weighted by atomic mass is 19.4. The molecule has 42 heavy (non-hydrogen) atoms. The van der Waals surface area contributed by atoms with E-state index in [2.05, 4.69) is 0 Å². The predicted octanol–water partition coefficient (Wildman–Crippen LogP) is 4.76. The van der Waals surface area contributed by atoms with E-state index in [0.29, 0.717) is 0 Å². The van der Waals surface area contributed by atoms with Crippen molar-refractivity contribution in [1.29, 1.82) is 0 Å². The smallest absolute Gasteiger partial charge is 0.268 e. The summed E-state index contributed by atoms with van der Waals surface area (Å²) in [5.41, 5.74) is -17.1. The molecule has 2 aromatic heterocycles. The van der Waals surface area contributed by atoms with E-state index in [1.54, 1.807) is 0 Å². The van der Waals surface area contributed by atoms with Crippen molar-refractivity contribution in [3.8, 4) is 11.4 Å². The fraction of sp³-hybridized carbons (Fsp3) is 0.0833. The van der Waals surface area contributed by atoms with Crippen LogP contribution in [-0.2, 0) is 12.4 Å². The van der Waals surface area contributed by atoms with Crippen molar-refractivity contribution in [3.05, 3.63) is 112 Å². The Balaban J connectivity index is 2.12. The number of halogens is 12. The van der Waals surface area contributed by atoms with E-state index in [4.69, 9.17) is 0 Å². The van der Waals surface area contributed by atoms with Crippen LogP contribution in [0.3, 0.4) is 0 Å². The minimum atomic E-state index is -6.01. The molecular formula is C24H4F12N2O4. The SMILES string of the molecule is O=c1c2c(C(F)(F)F)c3c(=O)n(-c4cc(F)c(F)c(F)c4)c(=O)c3c(C(F)(F)F)c2c(=O)n1-c1cc(F)c(F)c(F)c1. The summed E-state index contributed by atoms with van der Waals surface area (Å²) in [4.78, 5) is 52.3. The molecule has 0 amide bonds. The van der Waals surface area contributed by atoms with Gasteiger partial charge in [-0.3, -0.25) is 19.2 Å². The summed E-state index contributed by atoms with van der Waals surface area (Å²) in [6.45, 7) is 0. The summed E-state index contributed by atoms with van der Waals surface area (Å²) in [7, 11) is 0. The van der Waals surface area contributed by atoms with Gasteiger partial charge in [-0.1, -0.05) is 0 Å². The standard InChI is InChI=1S/C24H4F12N2O4/c25-7-1-5(2-8(26)17(7)29)37-19(39)11-12(20(37)40)16(24(34,35)36)14-13(15(11)23(31,32)33)21(41)38(22(14)42)6-3-9(27)18(30)10(28)4-6/h1-4H. The largest absolute Gasteiger partial charge is 0.418 e. The van der Waals surface area contributed by atoms with E-state index in [-0.39, 0.29) is 24.3 Å². The van der Waals surface area contributed by atoms with Crippen molar-refractivity contribution < 1.29 is 52.7 Å². The van der Waals surface area contributed by atoms with E-state index >= 15 is 0 Å². The second-order valence-electron chi connectivity index (χ2n) is 8.58. The number of rotatable bonds is 2. The molecule has 0 atom stereocenters. The van der Waals surface area contributed by atoms with E-state index < -0.39 is 123 Å². The molecule has 2 heterocycles. The van der Waals surface area contributed by atoms with Gasteiger partial charge < -0.3 is 0 Å². The number of aromatic nitrogens is 2. The van der Waals surface area contributed by atoms with Crippen LogP contribution < -0.4 is 22.2 Å². The Labute approximate surface area is 219 Å². The van der Waals surface area contributed by atoms with Crippen LogP contribution in [0.15, 0.2) is 43.4 Å². The zero-order valence-electron chi connectivity index (χ0n) is 19.4. The number of fused-ring (bicyclic) bond motifs is 2. The molecule has 6 nitrogen and oxygen atoms in total. The quantitative estimate of drug-likeness (QED) is 0.213. The molecule has 0 aliphatic heterocycles. The van der Waals surface area contributed by atoms with E-state index in [0.717, 1.165) is 0 Å². The van der Waals surface area contributed by atoms with Gasteiger partial charge in [-0.25, -0.2) is 35.5 Å². The minimum Gasteiger partial charge on any atom is -0.268 e. The molecule has 0 N–H and O–H groups in total. The maximum atomic E-state index is 14.4. The average molecular weight is 612 g/mol. The molecule has 3 aromatic carbocycles. The molecule has 0 unspecified atom stereocenters. The van der Waals surface area contributed by atoms with Crippen LogP contribution in [-0.4, -0.2) is 9.13 Å². The summed E-state index contributed by atoms with van der Waals surface area (Å²) in [6.07, 6.45) is -12.0. The zero-order valence-corrected chi connectivity index (χ0v) is 19.4. The Hall–Kier alpha value is -4.90. The third kappa shape index (κ3) is 3.84. The summed E-state index contributed by atoms with van der Waals surface area (Å²) in [5.74, 6) is -12.8. The van der Waals surface area contributed by atoms with Crippen molar-refractivity contribution in [2.24, 2.45) is 0 Å². The number of alkyl halides is 6. The molecule has 0 saturated heterocycles. The summed E-state index contributed by atoms with van der Waals surface area (Å²) >= 11 is 0. The van der Waals surface area contributed by atoms with Gasteiger partial charge in [0.2, 0.25) is 0 Å². The maximum absolute atomic E-state index is 14.4. The Bertz CT molecular complexity index is 1930. The molecule has 218 valence electrons. The fourth-order valence-corrected chi connectivity index (χ4v) is 4.62. The van der Waals surface area contributed by atoms with Gasteiger partial charge in [0.05, 0.1) is 44.0 Å². The number of hydrogen-bond acceptors (Lipinski definition) is 4. The van der Waals surface area contributed by atoms with Gasteiger partial charge >= 0.3 is 12.4 Å². The van der Waals surface area contributed by atoms with Crippen molar-refractivity contribution in [3.63, 3.8) is 0 Å². The Kier molecular flexibility index (Phi) is 6.00. The lowest BCUT2D eigenvalue weighted by Crippen LogP contribution is -2.26. The number of hydrogen-bond donors (Lipinski definition) is 0. The second-order valence-corrected chi connectivity index (χ2v) is 8.58. The Morgan fingerprint density at radius 3 is 0.833 bits per heavy atom. The zero-order chi connectivity index (χ0) is 31.4. The van der Waals surface area contributed by atoms with Crippen molar-refractivity contribution in [2.75, 3.05) is 0 Å². The van der Waals surface area contributed by atoms with Gasteiger partial charge in [-0.05, 0) is 0 Å². The Morgan fingerprint density at radius 2 is 0.643 bits per heavy atom. The summed E-state index contributed by atoms with van der Waals surface area (Å²) in [5, 5.41) is -8.65. The van der Waals surface area contributed by atoms with Gasteiger partial charge in [0.1, 0.15) is 0 Å². The lowest BCUT2D eigenvalue weighted by atomic mass is 9.96. The average Bonchev–Trinajstić information content (AvgIpc) is 3.26. The van der Waals surface area contributed by atoms with E-state index in [1.807, 2.05) is 0 Å². The van der Waals surface area contributed by atoms with E-state index in [9.17, 15) is 71.9 Å². The summed E-state index contributed by atoms with van der Waals surface area (Å²) < 4.78 is 167. The van der Waals surface area contributed by atoms with Crippen LogP contribution in [0, 0.1) is 34.9 Å². The first-order valence-corrected chi connectivity index (χ1v) is 10.7. The first kappa shape index (κ1) is 28.6. The number of benzene rings is 3.